The highest BCUT2D eigenvalue weighted by Crippen LogP contribution is 2.22. The van der Waals surface area contributed by atoms with Gasteiger partial charge in [0.25, 0.3) is 0 Å². The van der Waals surface area contributed by atoms with Gasteiger partial charge in [-0.2, -0.15) is 0 Å². The average molecular weight is 248 g/mol. The van der Waals surface area contributed by atoms with Gasteiger partial charge in [0.1, 0.15) is 17.6 Å². The summed E-state index contributed by atoms with van der Waals surface area (Å²) in [5.41, 5.74) is 2.00. The van der Waals surface area contributed by atoms with Gasteiger partial charge in [0.15, 0.2) is 0 Å². The number of aromatic nitrogens is 2. The van der Waals surface area contributed by atoms with Crippen LogP contribution in [0.1, 0.15) is 24.2 Å². The molecule has 94 valence electrons. The van der Waals surface area contributed by atoms with Crippen molar-refractivity contribution in [2.45, 2.75) is 19.8 Å². The molecule has 0 spiro atoms. The van der Waals surface area contributed by atoms with Gasteiger partial charge in [-0.05, 0) is 37.6 Å². The number of aromatic amines is 1. The topological polar surface area (TPSA) is 66.0 Å². The van der Waals surface area contributed by atoms with E-state index in [0.29, 0.717) is 17.1 Å². The molecule has 0 saturated carbocycles. The number of nitrogens with zero attached hydrogens (tertiary/aromatic N) is 1. The molecule has 0 saturated heterocycles. The number of aliphatic carboxylic acids is 1. The van der Waals surface area contributed by atoms with Crippen LogP contribution in [0.3, 0.4) is 0 Å². The summed E-state index contributed by atoms with van der Waals surface area (Å²) in [5.74, 6) is -1.51. The summed E-state index contributed by atoms with van der Waals surface area (Å²) in [6.45, 7) is 3.23. The molecular formula is C13H13FN2O2. The summed E-state index contributed by atoms with van der Waals surface area (Å²) in [6.07, 6.45) is 1.56. The Kier molecular flexibility index (Phi) is 3.14. The van der Waals surface area contributed by atoms with Gasteiger partial charge in [-0.25, -0.2) is 9.37 Å². The van der Waals surface area contributed by atoms with E-state index in [9.17, 15) is 9.18 Å². The Morgan fingerprint density at radius 2 is 2.22 bits per heavy atom. The van der Waals surface area contributed by atoms with Crippen LogP contribution in [-0.2, 0) is 4.79 Å². The molecule has 0 amide bonds. The zero-order valence-electron chi connectivity index (χ0n) is 10.1. The summed E-state index contributed by atoms with van der Waals surface area (Å²) in [5, 5.41) is 8.89. The number of benzene rings is 1. The van der Waals surface area contributed by atoms with Crippen LogP contribution in [0.15, 0.2) is 24.4 Å². The Morgan fingerprint density at radius 1 is 1.50 bits per heavy atom. The van der Waals surface area contributed by atoms with Crippen LogP contribution in [0.5, 0.6) is 0 Å². The zero-order chi connectivity index (χ0) is 13.3. The van der Waals surface area contributed by atoms with E-state index in [1.807, 2.05) is 0 Å². The lowest BCUT2D eigenvalue weighted by atomic mass is 10.1. The van der Waals surface area contributed by atoms with Crippen LogP contribution < -0.4 is 0 Å². The second kappa shape index (κ2) is 4.60. The van der Waals surface area contributed by atoms with Gasteiger partial charge >= 0.3 is 5.97 Å². The molecule has 1 atom stereocenters. The number of hydrogen-bond donors (Lipinski definition) is 2. The Bertz CT molecular complexity index is 592. The number of hydrogen-bond acceptors (Lipinski definition) is 2. The van der Waals surface area contributed by atoms with Crippen LogP contribution >= 0.6 is 0 Å². The minimum absolute atomic E-state index is 0.266. The fourth-order valence-electron chi connectivity index (χ4n) is 1.63. The first kappa shape index (κ1) is 12.3. The lowest BCUT2D eigenvalue weighted by molar-refractivity contribution is -0.138. The Labute approximate surface area is 103 Å². The number of imidazole rings is 1. The summed E-state index contributed by atoms with van der Waals surface area (Å²) in [4.78, 5) is 17.8. The number of nitrogens with one attached hydrogen (secondary N) is 1. The first-order valence-corrected chi connectivity index (χ1v) is 5.53. The molecule has 0 radical (unpaired) electrons. The molecule has 0 bridgehead atoms. The highest BCUT2D eigenvalue weighted by molar-refractivity contribution is 5.74. The quantitative estimate of drug-likeness (QED) is 0.877. The summed E-state index contributed by atoms with van der Waals surface area (Å²) < 4.78 is 13.2. The van der Waals surface area contributed by atoms with E-state index in [-0.39, 0.29) is 5.82 Å². The van der Waals surface area contributed by atoms with Crippen molar-refractivity contribution in [3.05, 3.63) is 41.6 Å². The molecule has 1 aromatic heterocycles. The molecule has 1 heterocycles. The Morgan fingerprint density at radius 3 is 2.83 bits per heavy atom. The smallest absolute Gasteiger partial charge is 0.313 e. The van der Waals surface area contributed by atoms with Crippen LogP contribution in [0.4, 0.5) is 4.39 Å². The maximum Gasteiger partial charge on any atom is 0.313 e. The third-order valence-electron chi connectivity index (χ3n) is 2.85. The predicted molar refractivity (Wildman–Crippen MR) is 64.8 cm³/mol. The minimum Gasteiger partial charge on any atom is -0.481 e. The predicted octanol–water partition coefficient (Wildman–Crippen LogP) is 2.71. The van der Waals surface area contributed by atoms with Crippen molar-refractivity contribution in [1.82, 2.24) is 9.97 Å². The van der Waals surface area contributed by atoms with Gasteiger partial charge in [0.05, 0.1) is 11.9 Å². The van der Waals surface area contributed by atoms with Gasteiger partial charge in [-0.3, -0.25) is 4.79 Å². The van der Waals surface area contributed by atoms with Crippen molar-refractivity contribution < 1.29 is 14.3 Å². The summed E-state index contributed by atoms with van der Waals surface area (Å²) >= 11 is 0. The third-order valence-corrected chi connectivity index (χ3v) is 2.85. The number of H-pyrrole nitrogens is 1. The second-order valence-electron chi connectivity index (χ2n) is 4.21. The molecule has 1 unspecified atom stereocenters. The average Bonchev–Trinajstić information content (AvgIpc) is 2.81. The first-order valence-electron chi connectivity index (χ1n) is 5.53. The Balaban J connectivity index is 2.35. The van der Waals surface area contributed by atoms with Crippen molar-refractivity contribution in [2.75, 3.05) is 0 Å². The van der Waals surface area contributed by atoms with Crippen LogP contribution in [0.2, 0.25) is 0 Å². The number of rotatable bonds is 3. The normalized spacial score (nSPS) is 12.4. The molecule has 2 N–H and O–H groups in total. The molecule has 5 heteroatoms. The van der Waals surface area contributed by atoms with Gasteiger partial charge in [0.2, 0.25) is 0 Å². The fourth-order valence-corrected chi connectivity index (χ4v) is 1.63. The largest absolute Gasteiger partial charge is 0.481 e. The number of halogens is 1. The fraction of sp³-hybridized carbons (Fsp3) is 0.231. The zero-order valence-corrected chi connectivity index (χ0v) is 10.1. The van der Waals surface area contributed by atoms with Gasteiger partial charge < -0.3 is 10.1 Å². The molecule has 1 aromatic carbocycles. The van der Waals surface area contributed by atoms with E-state index in [1.54, 1.807) is 32.2 Å². The van der Waals surface area contributed by atoms with E-state index in [2.05, 4.69) is 9.97 Å². The van der Waals surface area contributed by atoms with Crippen LogP contribution in [-0.4, -0.2) is 21.0 Å². The SMILES string of the molecule is Cc1cc(-c2cnc(C(C)C(=O)O)[nH]2)ccc1F. The summed E-state index contributed by atoms with van der Waals surface area (Å²) in [7, 11) is 0. The van der Waals surface area contributed by atoms with E-state index >= 15 is 0 Å². The first-order chi connectivity index (χ1) is 8.49. The lowest BCUT2D eigenvalue weighted by Crippen LogP contribution is -2.08. The molecule has 0 aliphatic carbocycles. The maximum absolute atomic E-state index is 13.2. The van der Waals surface area contributed by atoms with Gasteiger partial charge in [-0.1, -0.05) is 0 Å². The molecule has 4 nitrogen and oxygen atoms in total. The second-order valence-corrected chi connectivity index (χ2v) is 4.21. The standard InChI is InChI=1S/C13H13FN2O2/c1-7-5-9(3-4-10(7)14)11-6-15-12(16-11)8(2)13(17)18/h3-6,8H,1-2H3,(H,15,16)(H,17,18). The molecule has 0 aliphatic rings. The summed E-state index contributed by atoms with van der Waals surface area (Å²) in [6, 6.07) is 4.70. The molecule has 2 rings (SSSR count). The van der Waals surface area contributed by atoms with Crippen molar-refractivity contribution in [3.63, 3.8) is 0 Å². The van der Waals surface area contributed by atoms with Crippen molar-refractivity contribution >= 4 is 5.97 Å². The Hall–Kier alpha value is -2.17. The van der Waals surface area contributed by atoms with Crippen molar-refractivity contribution in [1.29, 1.82) is 0 Å². The molecule has 0 aliphatic heterocycles. The highest BCUT2D eigenvalue weighted by Gasteiger charge is 2.17. The molecule has 0 fully saturated rings. The number of carboxylic acid groups (broad SMARTS) is 1. The van der Waals surface area contributed by atoms with Crippen LogP contribution in [0, 0.1) is 12.7 Å². The highest BCUT2D eigenvalue weighted by atomic mass is 19.1. The lowest BCUT2D eigenvalue weighted by Gasteiger charge is -2.02. The van der Waals surface area contributed by atoms with E-state index in [4.69, 9.17) is 5.11 Å². The molecule has 2 aromatic rings. The van der Waals surface area contributed by atoms with E-state index in [0.717, 1.165) is 5.56 Å². The number of aryl methyl sites for hydroxylation is 1. The number of carbonyl (C=O) groups is 1. The molecular weight excluding hydrogens is 235 g/mol. The van der Waals surface area contributed by atoms with E-state index in [1.165, 1.54) is 6.07 Å². The number of carboxylic acids is 1. The van der Waals surface area contributed by atoms with Gasteiger partial charge in [-0.15, -0.1) is 0 Å². The minimum atomic E-state index is -0.939. The van der Waals surface area contributed by atoms with Gasteiger partial charge in [0, 0.05) is 5.56 Å². The van der Waals surface area contributed by atoms with Crippen molar-refractivity contribution in [3.8, 4) is 11.3 Å². The maximum atomic E-state index is 13.2. The molecule has 18 heavy (non-hydrogen) atoms. The third kappa shape index (κ3) is 2.25. The van der Waals surface area contributed by atoms with Crippen LogP contribution in [0.25, 0.3) is 11.3 Å². The van der Waals surface area contributed by atoms with E-state index < -0.39 is 11.9 Å². The monoisotopic (exact) mass is 248 g/mol. The van der Waals surface area contributed by atoms with Crippen molar-refractivity contribution in [2.24, 2.45) is 0 Å².